The van der Waals surface area contributed by atoms with Crippen LogP contribution in [0.4, 0.5) is 5.69 Å². The topological polar surface area (TPSA) is 35.6 Å². The molecule has 4 nitrogen and oxygen atoms in total. The SMILES string of the molecule is O=C(c1ccc2c(c1)[C@@H]1[C@H]3CC[C@@H](C3)[C@@H]1[C@H](c1ccccc1)N2)N1CCN(C(c2ccccc2)c2ccccc2)CC1. The molecule has 4 aromatic carbocycles. The molecule has 2 heterocycles. The van der Waals surface area contributed by atoms with Crippen LogP contribution >= 0.6 is 0 Å². The van der Waals surface area contributed by atoms with Crippen LogP contribution in [0.1, 0.15) is 69.9 Å². The predicted molar refractivity (Wildman–Crippen MR) is 169 cm³/mol. The van der Waals surface area contributed by atoms with E-state index in [-0.39, 0.29) is 11.9 Å². The van der Waals surface area contributed by atoms with Crippen LogP contribution in [0.3, 0.4) is 0 Å². The number of nitrogens with zero attached hydrogens (tertiary/aromatic N) is 2. The van der Waals surface area contributed by atoms with Crippen molar-refractivity contribution >= 4 is 11.6 Å². The Hall–Kier alpha value is -3.89. The van der Waals surface area contributed by atoms with Gasteiger partial charge in [-0.25, -0.2) is 0 Å². The van der Waals surface area contributed by atoms with Gasteiger partial charge in [0.25, 0.3) is 5.91 Å². The van der Waals surface area contributed by atoms with Gasteiger partial charge >= 0.3 is 0 Å². The van der Waals surface area contributed by atoms with Gasteiger partial charge in [-0.05, 0) is 83.4 Å². The van der Waals surface area contributed by atoms with Crippen LogP contribution < -0.4 is 5.32 Å². The summed E-state index contributed by atoms with van der Waals surface area (Å²) in [6.07, 6.45) is 4.02. The second-order valence-corrected chi connectivity index (χ2v) is 12.8. The van der Waals surface area contributed by atoms with Gasteiger partial charge in [0.2, 0.25) is 0 Å². The maximum atomic E-state index is 13.9. The number of carbonyl (C=O) groups excluding carboxylic acids is 1. The fourth-order valence-corrected chi connectivity index (χ4v) is 8.86. The van der Waals surface area contributed by atoms with Crippen LogP contribution in [-0.4, -0.2) is 41.9 Å². The van der Waals surface area contributed by atoms with E-state index in [4.69, 9.17) is 0 Å². The summed E-state index contributed by atoms with van der Waals surface area (Å²) in [5, 5.41) is 3.93. The lowest BCUT2D eigenvalue weighted by Crippen LogP contribution is -2.49. The number of fused-ring (bicyclic) bond motifs is 7. The molecule has 2 saturated carbocycles. The average Bonchev–Trinajstić information content (AvgIpc) is 3.69. The first-order valence-electron chi connectivity index (χ1n) is 15.8. The number of hydrogen-bond donors (Lipinski definition) is 1. The van der Waals surface area contributed by atoms with Crippen LogP contribution in [0.25, 0.3) is 0 Å². The molecule has 2 aliphatic carbocycles. The zero-order valence-corrected chi connectivity index (χ0v) is 24.1. The second kappa shape index (κ2) is 10.7. The van der Waals surface area contributed by atoms with E-state index in [2.05, 4.69) is 124 Å². The maximum Gasteiger partial charge on any atom is 0.253 e. The molecule has 5 atom stereocenters. The first-order chi connectivity index (χ1) is 20.7. The Morgan fingerprint density at radius 1 is 0.714 bits per heavy atom. The van der Waals surface area contributed by atoms with Crippen molar-refractivity contribution < 1.29 is 4.79 Å². The Morgan fingerprint density at radius 3 is 2.00 bits per heavy atom. The Bertz CT molecular complexity index is 1510. The van der Waals surface area contributed by atoms with Crippen LogP contribution in [0.15, 0.2) is 109 Å². The van der Waals surface area contributed by atoms with Gasteiger partial charge in [0.05, 0.1) is 12.1 Å². The molecule has 2 bridgehead atoms. The van der Waals surface area contributed by atoms with E-state index < -0.39 is 0 Å². The summed E-state index contributed by atoms with van der Waals surface area (Å²) in [4.78, 5) is 18.5. The molecule has 212 valence electrons. The number of benzene rings is 4. The maximum absolute atomic E-state index is 13.9. The molecule has 0 aromatic heterocycles. The monoisotopic (exact) mass is 553 g/mol. The predicted octanol–water partition coefficient (Wildman–Crippen LogP) is 7.53. The van der Waals surface area contributed by atoms with Crippen LogP contribution in [0.2, 0.25) is 0 Å². The minimum absolute atomic E-state index is 0.179. The van der Waals surface area contributed by atoms with Crippen molar-refractivity contribution in [2.45, 2.75) is 37.3 Å². The molecule has 4 aromatic rings. The van der Waals surface area contributed by atoms with E-state index in [1.54, 1.807) is 0 Å². The number of rotatable bonds is 5. The highest BCUT2D eigenvalue weighted by Gasteiger charge is 2.53. The van der Waals surface area contributed by atoms with E-state index in [1.165, 1.54) is 47.2 Å². The summed E-state index contributed by atoms with van der Waals surface area (Å²) in [5.41, 5.74) is 7.48. The lowest BCUT2D eigenvalue weighted by atomic mass is 9.68. The highest BCUT2D eigenvalue weighted by molar-refractivity contribution is 5.95. The number of hydrogen-bond acceptors (Lipinski definition) is 3. The van der Waals surface area contributed by atoms with E-state index in [0.29, 0.717) is 17.9 Å². The van der Waals surface area contributed by atoms with E-state index in [9.17, 15) is 4.79 Å². The summed E-state index contributed by atoms with van der Waals surface area (Å²) in [5.74, 6) is 2.86. The van der Waals surface area contributed by atoms with Crippen LogP contribution in [0.5, 0.6) is 0 Å². The summed E-state index contributed by atoms with van der Waals surface area (Å²) in [6, 6.07) is 39.6. The highest BCUT2D eigenvalue weighted by atomic mass is 16.2. The summed E-state index contributed by atoms with van der Waals surface area (Å²) >= 11 is 0. The van der Waals surface area contributed by atoms with Crippen LogP contribution in [0, 0.1) is 17.8 Å². The van der Waals surface area contributed by atoms with Gasteiger partial charge in [-0.15, -0.1) is 0 Å². The number of amides is 1. The molecule has 0 spiro atoms. The molecule has 2 aliphatic heterocycles. The standard InChI is InChI=1S/C38H39N3O/c42-38(41-22-20-40(21-23-41)37(27-12-6-2-7-13-27)28-14-8-3-9-15-28)31-18-19-33-32(25-31)34-29-16-17-30(24-29)35(34)36(39-33)26-10-4-1-5-11-26/h1-15,18-19,25,29-30,34-37,39H,16-17,20-24H2/t29-,30-,34-,35-,36-/m0/s1. The van der Waals surface area contributed by atoms with Crippen molar-refractivity contribution in [2.24, 2.45) is 17.8 Å². The molecule has 42 heavy (non-hydrogen) atoms. The van der Waals surface area contributed by atoms with Crippen molar-refractivity contribution in [3.8, 4) is 0 Å². The van der Waals surface area contributed by atoms with Crippen molar-refractivity contribution in [2.75, 3.05) is 31.5 Å². The Morgan fingerprint density at radius 2 is 1.33 bits per heavy atom. The quantitative estimate of drug-likeness (QED) is 0.277. The fraction of sp³-hybridized carbons (Fsp3) is 0.342. The largest absolute Gasteiger partial charge is 0.378 e. The van der Waals surface area contributed by atoms with Gasteiger partial charge in [0.1, 0.15) is 0 Å². The molecule has 3 fully saturated rings. The minimum atomic E-state index is 0.179. The number of nitrogens with one attached hydrogen (secondary N) is 1. The van der Waals surface area contributed by atoms with Gasteiger partial charge < -0.3 is 10.2 Å². The summed E-state index contributed by atoms with van der Waals surface area (Å²) in [6.45, 7) is 3.22. The summed E-state index contributed by atoms with van der Waals surface area (Å²) in [7, 11) is 0. The number of carbonyl (C=O) groups is 1. The normalized spacial score (nSPS) is 26.5. The van der Waals surface area contributed by atoms with Gasteiger partial charge in [-0.3, -0.25) is 9.69 Å². The average molecular weight is 554 g/mol. The minimum Gasteiger partial charge on any atom is -0.378 e. The Labute approximate surface area is 249 Å². The molecular weight excluding hydrogens is 514 g/mol. The molecule has 1 amide bonds. The smallest absolute Gasteiger partial charge is 0.253 e. The van der Waals surface area contributed by atoms with Crippen molar-refractivity contribution in [3.63, 3.8) is 0 Å². The molecule has 8 rings (SSSR count). The molecule has 4 aliphatic rings. The van der Waals surface area contributed by atoms with Gasteiger partial charge in [-0.2, -0.15) is 0 Å². The van der Waals surface area contributed by atoms with E-state index >= 15 is 0 Å². The summed E-state index contributed by atoms with van der Waals surface area (Å²) < 4.78 is 0. The lowest BCUT2D eigenvalue weighted by molar-refractivity contribution is 0.0597. The second-order valence-electron chi connectivity index (χ2n) is 12.8. The number of piperazine rings is 1. The third-order valence-electron chi connectivity index (χ3n) is 10.7. The molecule has 1 N–H and O–H groups in total. The van der Waals surface area contributed by atoms with E-state index in [0.717, 1.165) is 43.6 Å². The molecule has 4 heteroatoms. The molecular formula is C38H39N3O. The van der Waals surface area contributed by atoms with Crippen LogP contribution in [-0.2, 0) is 0 Å². The van der Waals surface area contributed by atoms with Gasteiger partial charge in [0.15, 0.2) is 0 Å². The van der Waals surface area contributed by atoms with E-state index in [1.807, 2.05) is 0 Å². The van der Waals surface area contributed by atoms with Gasteiger partial charge in [0, 0.05) is 37.4 Å². The first kappa shape index (κ1) is 25.8. The molecule has 0 unspecified atom stereocenters. The Kier molecular flexibility index (Phi) is 6.60. The third kappa shape index (κ3) is 4.44. The highest BCUT2D eigenvalue weighted by Crippen LogP contribution is 2.63. The lowest BCUT2D eigenvalue weighted by Gasteiger charge is -2.44. The Balaban J connectivity index is 1.03. The zero-order chi connectivity index (χ0) is 28.0. The third-order valence-corrected chi connectivity index (χ3v) is 10.7. The molecule has 0 radical (unpaired) electrons. The van der Waals surface area contributed by atoms with Crippen molar-refractivity contribution in [1.29, 1.82) is 0 Å². The first-order valence-corrected chi connectivity index (χ1v) is 15.8. The van der Waals surface area contributed by atoms with Gasteiger partial charge in [-0.1, -0.05) is 91.0 Å². The van der Waals surface area contributed by atoms with Crippen molar-refractivity contribution in [3.05, 3.63) is 137 Å². The number of anilines is 1. The molecule has 1 saturated heterocycles. The zero-order valence-electron chi connectivity index (χ0n) is 24.1. The van der Waals surface area contributed by atoms with Crippen molar-refractivity contribution in [1.82, 2.24) is 9.80 Å². The fourth-order valence-electron chi connectivity index (χ4n) is 8.86.